The third kappa shape index (κ3) is 2.05. The van der Waals surface area contributed by atoms with E-state index in [0.29, 0.717) is 22.5 Å². The average molecular weight is 349 g/mol. The Bertz CT molecular complexity index is 1290. The van der Waals surface area contributed by atoms with E-state index >= 15 is 0 Å². The molecular weight excluding hydrogens is 330 g/mol. The van der Waals surface area contributed by atoms with E-state index in [0.717, 1.165) is 16.5 Å². The van der Waals surface area contributed by atoms with Crippen molar-refractivity contribution < 1.29 is 4.74 Å². The van der Waals surface area contributed by atoms with Gasteiger partial charge in [0.15, 0.2) is 0 Å². The van der Waals surface area contributed by atoms with Crippen LogP contribution >= 0.6 is 0 Å². The first-order valence-corrected chi connectivity index (χ1v) is 8.30. The van der Waals surface area contributed by atoms with E-state index in [2.05, 4.69) is 0 Å². The first-order valence-electron chi connectivity index (χ1n) is 8.30. The molecule has 26 heavy (non-hydrogen) atoms. The van der Waals surface area contributed by atoms with E-state index in [-0.39, 0.29) is 11.2 Å². The Hall–Kier alpha value is -3.28. The van der Waals surface area contributed by atoms with Crippen LogP contribution in [0.15, 0.2) is 52.1 Å². The van der Waals surface area contributed by atoms with Crippen LogP contribution in [0, 0.1) is 6.92 Å². The lowest BCUT2D eigenvalue weighted by molar-refractivity contribution is 0.415. The minimum Gasteiger partial charge on any atom is -0.497 e. The summed E-state index contributed by atoms with van der Waals surface area (Å²) >= 11 is 0. The molecule has 0 aliphatic carbocycles. The number of para-hydroxylation sites is 1. The fourth-order valence-electron chi connectivity index (χ4n) is 3.58. The Morgan fingerprint density at radius 1 is 0.923 bits per heavy atom. The summed E-state index contributed by atoms with van der Waals surface area (Å²) in [6.45, 7) is 1.89. The Kier molecular flexibility index (Phi) is 3.50. The molecule has 0 radical (unpaired) electrons. The quantitative estimate of drug-likeness (QED) is 0.559. The van der Waals surface area contributed by atoms with Gasteiger partial charge in [-0.1, -0.05) is 18.2 Å². The Labute approximate surface area is 149 Å². The van der Waals surface area contributed by atoms with E-state index in [4.69, 9.17) is 4.74 Å². The standard InChI is InChI=1S/C20H19N3O3/c1-12-7-5-6-8-15(12)23-19(24)18-17(22(3)20(23)25)14-11-13(26-4)9-10-16(14)21(18)2/h5-11H,1-4H3. The average Bonchev–Trinajstić information content (AvgIpc) is 2.94. The molecule has 6 heteroatoms. The van der Waals surface area contributed by atoms with E-state index in [9.17, 15) is 9.59 Å². The number of aromatic nitrogens is 3. The number of benzene rings is 2. The van der Waals surface area contributed by atoms with E-state index in [1.165, 1.54) is 9.13 Å². The normalized spacial score (nSPS) is 11.4. The summed E-state index contributed by atoms with van der Waals surface area (Å²) in [5, 5.41) is 0.815. The van der Waals surface area contributed by atoms with Crippen molar-refractivity contribution >= 4 is 21.9 Å². The topological polar surface area (TPSA) is 58.2 Å². The monoisotopic (exact) mass is 349 g/mol. The lowest BCUT2D eigenvalue weighted by Gasteiger charge is -2.11. The molecule has 0 unspecified atom stereocenters. The van der Waals surface area contributed by atoms with Crippen LogP contribution in [0.4, 0.5) is 0 Å². The van der Waals surface area contributed by atoms with Gasteiger partial charge in [-0.3, -0.25) is 9.36 Å². The van der Waals surface area contributed by atoms with E-state index in [1.807, 2.05) is 54.9 Å². The number of methoxy groups -OCH3 is 1. The van der Waals surface area contributed by atoms with Crippen molar-refractivity contribution in [1.29, 1.82) is 0 Å². The molecule has 0 amide bonds. The summed E-state index contributed by atoms with van der Waals surface area (Å²) in [7, 11) is 5.12. The molecule has 132 valence electrons. The highest BCUT2D eigenvalue weighted by molar-refractivity contribution is 6.06. The van der Waals surface area contributed by atoms with Crippen LogP contribution in [0.1, 0.15) is 5.56 Å². The van der Waals surface area contributed by atoms with Crippen LogP contribution in [0.3, 0.4) is 0 Å². The molecule has 4 aromatic rings. The number of rotatable bonds is 2. The largest absolute Gasteiger partial charge is 0.497 e. The fourth-order valence-corrected chi connectivity index (χ4v) is 3.58. The van der Waals surface area contributed by atoms with Crippen molar-refractivity contribution in [1.82, 2.24) is 13.7 Å². The minimum atomic E-state index is -0.368. The highest BCUT2D eigenvalue weighted by Crippen LogP contribution is 2.28. The van der Waals surface area contributed by atoms with Gasteiger partial charge in [-0.15, -0.1) is 0 Å². The lowest BCUT2D eigenvalue weighted by Crippen LogP contribution is -2.38. The van der Waals surface area contributed by atoms with Gasteiger partial charge in [-0.25, -0.2) is 9.36 Å². The molecule has 0 bridgehead atoms. The molecule has 0 aliphatic heterocycles. The highest BCUT2D eigenvalue weighted by Gasteiger charge is 2.20. The molecule has 0 spiro atoms. The van der Waals surface area contributed by atoms with Gasteiger partial charge < -0.3 is 9.30 Å². The van der Waals surface area contributed by atoms with Gasteiger partial charge in [0.1, 0.15) is 11.3 Å². The maximum Gasteiger partial charge on any atom is 0.335 e. The molecule has 0 atom stereocenters. The first kappa shape index (κ1) is 16.2. The molecule has 0 aliphatic rings. The molecule has 0 N–H and O–H groups in total. The van der Waals surface area contributed by atoms with Crippen LogP contribution in [0.5, 0.6) is 5.75 Å². The fraction of sp³-hybridized carbons (Fsp3) is 0.200. The van der Waals surface area contributed by atoms with Gasteiger partial charge in [-0.2, -0.15) is 0 Å². The summed E-state index contributed by atoms with van der Waals surface area (Å²) in [6.07, 6.45) is 0. The van der Waals surface area contributed by atoms with E-state index < -0.39 is 0 Å². The SMILES string of the molecule is COc1ccc2c(c1)c1c(c(=O)n(-c3ccccc3C)c(=O)n1C)n2C. The Morgan fingerprint density at radius 2 is 1.65 bits per heavy atom. The van der Waals surface area contributed by atoms with Crippen LogP contribution in [-0.4, -0.2) is 20.8 Å². The minimum absolute atomic E-state index is 0.324. The number of hydrogen-bond donors (Lipinski definition) is 0. The molecular formula is C20H19N3O3. The van der Waals surface area contributed by atoms with Gasteiger partial charge in [0, 0.05) is 19.5 Å². The third-order valence-electron chi connectivity index (χ3n) is 4.96. The van der Waals surface area contributed by atoms with Crippen molar-refractivity contribution in [3.63, 3.8) is 0 Å². The van der Waals surface area contributed by atoms with Gasteiger partial charge in [0.2, 0.25) is 0 Å². The van der Waals surface area contributed by atoms with Crippen LogP contribution in [-0.2, 0) is 14.1 Å². The number of aryl methyl sites for hydroxylation is 3. The number of hydrogen-bond acceptors (Lipinski definition) is 3. The smallest absolute Gasteiger partial charge is 0.335 e. The molecule has 2 aromatic carbocycles. The maximum absolute atomic E-state index is 13.3. The van der Waals surface area contributed by atoms with Crippen molar-refractivity contribution in [2.24, 2.45) is 14.1 Å². The summed E-state index contributed by atoms with van der Waals surface area (Å²) in [5.74, 6) is 0.681. The summed E-state index contributed by atoms with van der Waals surface area (Å²) in [6, 6.07) is 13.0. The third-order valence-corrected chi connectivity index (χ3v) is 4.96. The van der Waals surface area contributed by atoms with Crippen LogP contribution < -0.4 is 16.0 Å². The molecule has 2 heterocycles. The second-order valence-electron chi connectivity index (χ2n) is 6.41. The van der Waals surface area contributed by atoms with Gasteiger partial charge >= 0.3 is 5.69 Å². The highest BCUT2D eigenvalue weighted by atomic mass is 16.5. The van der Waals surface area contributed by atoms with Gasteiger partial charge in [-0.05, 0) is 36.8 Å². The van der Waals surface area contributed by atoms with E-state index in [1.54, 1.807) is 20.2 Å². The zero-order valence-corrected chi connectivity index (χ0v) is 15.1. The zero-order chi connectivity index (χ0) is 18.6. The number of fused-ring (bicyclic) bond motifs is 3. The first-order chi connectivity index (χ1) is 12.5. The summed E-state index contributed by atoms with van der Waals surface area (Å²) in [5.41, 5.74) is 2.74. The summed E-state index contributed by atoms with van der Waals surface area (Å²) in [4.78, 5) is 26.3. The second-order valence-corrected chi connectivity index (χ2v) is 6.41. The van der Waals surface area contributed by atoms with Crippen LogP contribution in [0.25, 0.3) is 27.6 Å². The molecule has 0 saturated carbocycles. The van der Waals surface area contributed by atoms with Crippen molar-refractivity contribution in [2.45, 2.75) is 6.92 Å². The Morgan fingerprint density at radius 3 is 2.35 bits per heavy atom. The Balaban J connectivity index is 2.25. The molecule has 6 nitrogen and oxygen atoms in total. The number of nitrogens with zero attached hydrogens (tertiary/aromatic N) is 3. The predicted octanol–water partition coefficient (Wildman–Crippen LogP) is 2.50. The molecule has 2 aromatic heterocycles. The summed E-state index contributed by atoms with van der Waals surface area (Å²) < 4.78 is 9.92. The van der Waals surface area contributed by atoms with Crippen molar-refractivity contribution in [3.05, 3.63) is 68.9 Å². The van der Waals surface area contributed by atoms with Gasteiger partial charge in [0.05, 0.1) is 23.8 Å². The zero-order valence-electron chi connectivity index (χ0n) is 15.1. The molecule has 0 fully saturated rings. The van der Waals surface area contributed by atoms with Crippen molar-refractivity contribution in [2.75, 3.05) is 7.11 Å². The number of ether oxygens (including phenoxy) is 1. The second kappa shape index (κ2) is 5.62. The van der Waals surface area contributed by atoms with Gasteiger partial charge in [0.25, 0.3) is 5.56 Å². The predicted molar refractivity (Wildman–Crippen MR) is 103 cm³/mol. The maximum atomic E-state index is 13.3. The van der Waals surface area contributed by atoms with Crippen molar-refractivity contribution in [3.8, 4) is 11.4 Å². The molecule has 0 saturated heterocycles. The molecule has 4 rings (SSSR count). The lowest BCUT2D eigenvalue weighted by atomic mass is 10.2. The van der Waals surface area contributed by atoms with Crippen LogP contribution in [0.2, 0.25) is 0 Å².